The Hall–Kier alpha value is -2.43. The first-order chi connectivity index (χ1) is 11.2. The maximum atomic E-state index is 4.41. The van der Waals surface area contributed by atoms with Crippen LogP contribution in [0, 0.1) is 13.8 Å². The molecular weight excluding hydrogens is 286 g/mol. The molecule has 0 saturated carbocycles. The molecule has 1 N–H and O–H groups in total. The number of H-pyrrole nitrogens is 1. The lowest BCUT2D eigenvalue weighted by molar-refractivity contribution is 0.615. The van der Waals surface area contributed by atoms with Crippen molar-refractivity contribution in [2.75, 3.05) is 0 Å². The molecule has 5 heteroatoms. The van der Waals surface area contributed by atoms with Gasteiger partial charge in [0.05, 0.1) is 5.69 Å². The Bertz CT molecular complexity index is 796. The number of aryl methyl sites for hydroxylation is 3. The number of nitrogens with one attached hydrogen (secondary N) is 1. The van der Waals surface area contributed by atoms with Gasteiger partial charge in [-0.1, -0.05) is 30.3 Å². The van der Waals surface area contributed by atoms with Gasteiger partial charge >= 0.3 is 0 Å². The third-order valence-electron chi connectivity index (χ3n) is 4.89. The lowest BCUT2D eigenvalue weighted by atomic mass is 9.98. The molecule has 0 fully saturated rings. The van der Waals surface area contributed by atoms with Gasteiger partial charge in [0.2, 0.25) is 0 Å². The van der Waals surface area contributed by atoms with E-state index in [-0.39, 0.29) is 0 Å². The molecule has 0 bridgehead atoms. The van der Waals surface area contributed by atoms with E-state index in [0.29, 0.717) is 5.92 Å². The third-order valence-corrected chi connectivity index (χ3v) is 4.89. The monoisotopic (exact) mass is 307 g/mol. The Labute approximate surface area is 135 Å². The van der Waals surface area contributed by atoms with Gasteiger partial charge in [-0.2, -0.15) is 5.10 Å². The highest BCUT2D eigenvalue weighted by Crippen LogP contribution is 2.29. The highest BCUT2D eigenvalue weighted by molar-refractivity contribution is 5.25. The van der Waals surface area contributed by atoms with Crippen LogP contribution in [0.4, 0.5) is 0 Å². The molecule has 1 atom stereocenters. The van der Waals surface area contributed by atoms with Gasteiger partial charge in [-0.3, -0.25) is 5.10 Å². The summed E-state index contributed by atoms with van der Waals surface area (Å²) in [5.74, 6) is 2.74. The van der Waals surface area contributed by atoms with Crippen LogP contribution in [0.1, 0.15) is 40.1 Å². The first-order valence-corrected chi connectivity index (χ1v) is 8.18. The minimum absolute atomic E-state index is 0.526. The summed E-state index contributed by atoms with van der Waals surface area (Å²) in [6, 6.07) is 10.7. The topological polar surface area (TPSA) is 59.4 Å². The summed E-state index contributed by atoms with van der Waals surface area (Å²) in [4.78, 5) is 0. The number of aromatic amines is 1. The fourth-order valence-electron chi connectivity index (χ4n) is 3.55. The number of hydrogen-bond acceptors (Lipinski definition) is 3. The van der Waals surface area contributed by atoms with Crippen molar-refractivity contribution in [3.05, 3.63) is 64.5 Å². The second kappa shape index (κ2) is 5.65. The maximum Gasteiger partial charge on any atom is 0.133 e. The number of nitrogens with zero attached hydrogens (tertiary/aromatic N) is 4. The van der Waals surface area contributed by atoms with Gasteiger partial charge in [0.1, 0.15) is 11.6 Å². The average Bonchev–Trinajstić information content (AvgIpc) is 3.23. The summed E-state index contributed by atoms with van der Waals surface area (Å²) in [5.41, 5.74) is 4.95. The van der Waals surface area contributed by atoms with E-state index in [0.717, 1.165) is 48.8 Å². The van der Waals surface area contributed by atoms with Crippen molar-refractivity contribution in [2.24, 2.45) is 0 Å². The highest BCUT2D eigenvalue weighted by atomic mass is 15.3. The van der Waals surface area contributed by atoms with Gasteiger partial charge in [0.25, 0.3) is 0 Å². The van der Waals surface area contributed by atoms with Crippen LogP contribution in [0.25, 0.3) is 0 Å². The van der Waals surface area contributed by atoms with E-state index in [1.54, 1.807) is 0 Å². The molecule has 118 valence electrons. The fraction of sp³-hybridized carbons (Fsp3) is 0.389. The van der Waals surface area contributed by atoms with Crippen molar-refractivity contribution in [3.8, 4) is 0 Å². The Morgan fingerprint density at radius 2 is 1.96 bits per heavy atom. The molecule has 0 amide bonds. The Balaban J connectivity index is 1.50. The van der Waals surface area contributed by atoms with Crippen LogP contribution in [0.5, 0.6) is 0 Å². The van der Waals surface area contributed by atoms with Gasteiger partial charge in [0.15, 0.2) is 0 Å². The number of fused-ring (bicyclic) bond motifs is 1. The molecule has 2 aromatic heterocycles. The van der Waals surface area contributed by atoms with Crippen molar-refractivity contribution in [1.82, 2.24) is 25.0 Å². The van der Waals surface area contributed by atoms with Crippen LogP contribution in [-0.4, -0.2) is 25.0 Å². The van der Waals surface area contributed by atoms with Gasteiger partial charge in [-0.05, 0) is 31.4 Å². The van der Waals surface area contributed by atoms with Crippen LogP contribution in [-0.2, 0) is 25.8 Å². The predicted octanol–water partition coefficient (Wildman–Crippen LogP) is 2.74. The van der Waals surface area contributed by atoms with Crippen LogP contribution in [0.15, 0.2) is 30.3 Å². The Kier molecular flexibility index (Phi) is 3.48. The van der Waals surface area contributed by atoms with Crippen molar-refractivity contribution >= 4 is 0 Å². The molecule has 1 aliphatic rings. The van der Waals surface area contributed by atoms with Gasteiger partial charge in [0, 0.05) is 31.0 Å². The van der Waals surface area contributed by atoms with Gasteiger partial charge < -0.3 is 4.57 Å². The zero-order chi connectivity index (χ0) is 15.8. The van der Waals surface area contributed by atoms with Crippen molar-refractivity contribution in [3.63, 3.8) is 0 Å². The number of rotatable bonds is 4. The maximum absolute atomic E-state index is 4.41. The summed E-state index contributed by atoms with van der Waals surface area (Å²) in [6.45, 7) is 5.12. The molecule has 0 spiro atoms. The number of benzene rings is 1. The molecular formula is C18H21N5. The standard InChI is InChI=1S/C18H21N5/c1-12-16(13(2)20-19-12)8-9-17-21-22-18-10-15(11-23(17)18)14-6-4-3-5-7-14/h3-7,15H,8-11H2,1-2H3,(H,19,20). The van der Waals surface area contributed by atoms with E-state index in [1.807, 2.05) is 0 Å². The molecule has 0 aliphatic carbocycles. The molecule has 5 nitrogen and oxygen atoms in total. The zero-order valence-corrected chi connectivity index (χ0v) is 13.6. The number of aromatic nitrogens is 5. The minimum Gasteiger partial charge on any atom is -0.314 e. The minimum atomic E-state index is 0.526. The quantitative estimate of drug-likeness (QED) is 0.806. The smallest absolute Gasteiger partial charge is 0.133 e. The second-order valence-electron chi connectivity index (χ2n) is 6.37. The first-order valence-electron chi connectivity index (χ1n) is 8.18. The van der Waals surface area contributed by atoms with E-state index < -0.39 is 0 Å². The summed E-state index contributed by atoms with van der Waals surface area (Å²) >= 11 is 0. The van der Waals surface area contributed by atoms with E-state index in [4.69, 9.17) is 0 Å². The summed E-state index contributed by atoms with van der Waals surface area (Å²) in [7, 11) is 0. The first kappa shape index (κ1) is 14.2. The molecule has 1 unspecified atom stereocenters. The molecule has 3 heterocycles. The Morgan fingerprint density at radius 3 is 2.70 bits per heavy atom. The Morgan fingerprint density at radius 1 is 1.13 bits per heavy atom. The van der Waals surface area contributed by atoms with E-state index in [2.05, 4.69) is 69.1 Å². The van der Waals surface area contributed by atoms with E-state index >= 15 is 0 Å². The van der Waals surface area contributed by atoms with Crippen LogP contribution >= 0.6 is 0 Å². The molecule has 0 saturated heterocycles. The largest absolute Gasteiger partial charge is 0.314 e. The normalized spacial score (nSPS) is 16.7. The number of hydrogen-bond donors (Lipinski definition) is 1. The van der Waals surface area contributed by atoms with Gasteiger partial charge in [-0.15, -0.1) is 10.2 Å². The molecule has 1 aliphatic heterocycles. The van der Waals surface area contributed by atoms with Crippen LogP contribution < -0.4 is 0 Å². The SMILES string of the molecule is Cc1n[nH]c(C)c1CCc1nnc2n1CC(c1ccccc1)C2. The van der Waals surface area contributed by atoms with Crippen LogP contribution in [0.3, 0.4) is 0 Å². The predicted molar refractivity (Wildman–Crippen MR) is 88.4 cm³/mol. The fourth-order valence-corrected chi connectivity index (χ4v) is 3.55. The van der Waals surface area contributed by atoms with Crippen molar-refractivity contribution in [1.29, 1.82) is 0 Å². The summed E-state index contributed by atoms with van der Waals surface area (Å²) in [6.07, 6.45) is 2.86. The second-order valence-corrected chi connectivity index (χ2v) is 6.37. The zero-order valence-electron chi connectivity index (χ0n) is 13.6. The molecule has 1 aromatic carbocycles. The highest BCUT2D eigenvalue weighted by Gasteiger charge is 2.27. The third kappa shape index (κ3) is 2.56. The summed E-state index contributed by atoms with van der Waals surface area (Å²) < 4.78 is 2.31. The summed E-state index contributed by atoms with van der Waals surface area (Å²) in [5, 5.41) is 16.1. The molecule has 3 aromatic rings. The molecule has 4 rings (SSSR count). The molecule has 23 heavy (non-hydrogen) atoms. The van der Waals surface area contributed by atoms with E-state index in [1.165, 1.54) is 11.1 Å². The van der Waals surface area contributed by atoms with Crippen molar-refractivity contribution in [2.45, 2.75) is 45.6 Å². The lowest BCUT2D eigenvalue weighted by Crippen LogP contribution is -2.07. The van der Waals surface area contributed by atoms with Crippen molar-refractivity contribution < 1.29 is 0 Å². The van der Waals surface area contributed by atoms with Crippen LogP contribution in [0.2, 0.25) is 0 Å². The van der Waals surface area contributed by atoms with E-state index in [9.17, 15) is 0 Å². The van der Waals surface area contributed by atoms with Gasteiger partial charge in [-0.25, -0.2) is 0 Å². The molecule has 0 radical (unpaired) electrons. The lowest BCUT2D eigenvalue weighted by Gasteiger charge is -2.10. The average molecular weight is 307 g/mol.